The van der Waals surface area contributed by atoms with Crippen molar-refractivity contribution in [2.75, 3.05) is 13.1 Å². The van der Waals surface area contributed by atoms with Gasteiger partial charge in [-0.15, -0.1) is 5.10 Å². The van der Waals surface area contributed by atoms with Crippen molar-refractivity contribution in [1.82, 2.24) is 20.3 Å². The first-order valence-electron chi connectivity index (χ1n) is 5.09. The summed E-state index contributed by atoms with van der Waals surface area (Å²) in [5, 5.41) is 10.9. The van der Waals surface area contributed by atoms with Crippen LogP contribution in [0.15, 0.2) is 4.60 Å². The maximum atomic E-state index is 14.7. The van der Waals surface area contributed by atoms with Crippen molar-refractivity contribution in [2.45, 2.75) is 24.9 Å². The van der Waals surface area contributed by atoms with Crippen LogP contribution in [0.3, 0.4) is 0 Å². The summed E-state index contributed by atoms with van der Waals surface area (Å²) in [6.07, 6.45) is 1.85. The highest BCUT2D eigenvalue weighted by atomic mass is 79.9. The van der Waals surface area contributed by atoms with Crippen LogP contribution in [-0.4, -0.2) is 28.1 Å². The zero-order valence-electron chi connectivity index (χ0n) is 8.63. The van der Waals surface area contributed by atoms with Crippen molar-refractivity contribution in [3.05, 3.63) is 10.3 Å². The van der Waals surface area contributed by atoms with Gasteiger partial charge in [0.05, 0.1) is 0 Å². The Bertz CT molecular complexity index is 324. The monoisotopic (exact) mass is 276 g/mol. The van der Waals surface area contributed by atoms with Crippen LogP contribution >= 0.6 is 15.9 Å². The molecule has 1 aliphatic rings. The van der Waals surface area contributed by atoms with Crippen LogP contribution in [0.5, 0.6) is 0 Å². The van der Waals surface area contributed by atoms with Gasteiger partial charge in [-0.05, 0) is 48.3 Å². The third-order valence-electron chi connectivity index (χ3n) is 2.83. The number of rotatable bonds is 1. The topological polar surface area (TPSA) is 42.7 Å². The van der Waals surface area contributed by atoms with E-state index in [9.17, 15) is 4.39 Å². The molecule has 1 unspecified atom stereocenters. The second-order valence-electron chi connectivity index (χ2n) is 3.92. The summed E-state index contributed by atoms with van der Waals surface area (Å²) in [6, 6.07) is 0. The lowest BCUT2D eigenvalue weighted by molar-refractivity contribution is 0.132. The fraction of sp³-hybridized carbons (Fsp3) is 0.778. The minimum absolute atomic E-state index is 0.479. The van der Waals surface area contributed by atoms with E-state index < -0.39 is 5.67 Å². The van der Waals surface area contributed by atoms with Crippen LogP contribution in [0, 0.1) is 0 Å². The molecule has 2 rings (SSSR count). The van der Waals surface area contributed by atoms with E-state index in [1.54, 1.807) is 7.05 Å². The molecule has 1 aromatic rings. The van der Waals surface area contributed by atoms with Gasteiger partial charge < -0.3 is 5.32 Å². The molecule has 0 aliphatic carbocycles. The van der Waals surface area contributed by atoms with Gasteiger partial charge >= 0.3 is 0 Å². The van der Waals surface area contributed by atoms with E-state index in [4.69, 9.17) is 0 Å². The Balaban J connectivity index is 2.34. The van der Waals surface area contributed by atoms with Crippen LogP contribution in [-0.2, 0) is 12.7 Å². The van der Waals surface area contributed by atoms with E-state index in [-0.39, 0.29) is 0 Å². The lowest BCUT2D eigenvalue weighted by Crippen LogP contribution is -2.25. The molecule has 4 nitrogen and oxygen atoms in total. The average Bonchev–Trinajstić information content (AvgIpc) is 2.40. The van der Waals surface area contributed by atoms with Gasteiger partial charge in [0.25, 0.3) is 0 Å². The summed E-state index contributed by atoms with van der Waals surface area (Å²) in [6.45, 7) is 1.59. The minimum atomic E-state index is -1.30. The number of nitrogens with one attached hydrogen (secondary N) is 1. The summed E-state index contributed by atoms with van der Waals surface area (Å²) in [5.41, 5.74) is -0.744. The van der Waals surface area contributed by atoms with Crippen molar-refractivity contribution in [2.24, 2.45) is 7.05 Å². The Morgan fingerprint density at radius 2 is 2.27 bits per heavy atom. The van der Waals surface area contributed by atoms with E-state index in [1.807, 2.05) is 0 Å². The lowest BCUT2D eigenvalue weighted by Gasteiger charge is -2.23. The van der Waals surface area contributed by atoms with Crippen molar-refractivity contribution in [1.29, 1.82) is 0 Å². The van der Waals surface area contributed by atoms with Crippen molar-refractivity contribution < 1.29 is 4.39 Å². The fourth-order valence-corrected chi connectivity index (χ4v) is 2.76. The summed E-state index contributed by atoms with van der Waals surface area (Å²) in [7, 11) is 1.73. The highest BCUT2D eigenvalue weighted by molar-refractivity contribution is 9.10. The molecule has 0 spiro atoms. The highest BCUT2D eigenvalue weighted by Crippen LogP contribution is 2.38. The molecule has 1 aliphatic heterocycles. The predicted molar refractivity (Wildman–Crippen MR) is 58.2 cm³/mol. The summed E-state index contributed by atoms with van der Waals surface area (Å²) >= 11 is 3.26. The number of aryl methyl sites for hydroxylation is 1. The number of alkyl halides is 1. The Labute approximate surface area is 96.4 Å². The number of hydrogen-bond acceptors (Lipinski definition) is 3. The SMILES string of the molecule is Cn1nnc(Br)c1C1(F)CCCNCC1. The molecular formula is C9H14BrFN4. The molecule has 0 saturated carbocycles. The van der Waals surface area contributed by atoms with Gasteiger partial charge in [-0.2, -0.15) is 0 Å². The van der Waals surface area contributed by atoms with Crippen molar-refractivity contribution in [3.63, 3.8) is 0 Å². The molecule has 84 valence electrons. The quantitative estimate of drug-likeness (QED) is 0.846. The second-order valence-corrected chi connectivity index (χ2v) is 4.67. The molecular weight excluding hydrogens is 263 g/mol. The first kappa shape index (κ1) is 11.0. The molecule has 0 aromatic carbocycles. The molecule has 1 saturated heterocycles. The molecule has 15 heavy (non-hydrogen) atoms. The van der Waals surface area contributed by atoms with E-state index >= 15 is 0 Å². The van der Waals surface area contributed by atoms with E-state index in [0.717, 1.165) is 13.0 Å². The molecule has 0 radical (unpaired) electrons. The molecule has 6 heteroatoms. The van der Waals surface area contributed by atoms with Crippen LogP contribution < -0.4 is 5.32 Å². The third kappa shape index (κ3) is 2.06. The molecule has 0 amide bonds. The average molecular weight is 277 g/mol. The van der Waals surface area contributed by atoms with Gasteiger partial charge in [0, 0.05) is 7.05 Å². The molecule has 1 atom stereocenters. The summed E-state index contributed by atoms with van der Waals surface area (Å²) in [4.78, 5) is 0. The van der Waals surface area contributed by atoms with Gasteiger partial charge in [-0.3, -0.25) is 0 Å². The number of hydrogen-bond donors (Lipinski definition) is 1. The molecule has 0 bridgehead atoms. The summed E-state index contributed by atoms with van der Waals surface area (Å²) in [5.74, 6) is 0. The maximum absolute atomic E-state index is 14.7. The lowest BCUT2D eigenvalue weighted by atomic mass is 9.93. The zero-order chi connectivity index (χ0) is 10.9. The van der Waals surface area contributed by atoms with Crippen LogP contribution in [0.25, 0.3) is 0 Å². The van der Waals surface area contributed by atoms with Gasteiger partial charge in [0.15, 0.2) is 10.3 Å². The maximum Gasteiger partial charge on any atom is 0.156 e. The first-order chi connectivity index (χ1) is 7.13. The van der Waals surface area contributed by atoms with Gasteiger partial charge in [0.1, 0.15) is 5.69 Å². The Hall–Kier alpha value is -0.490. The van der Waals surface area contributed by atoms with E-state index in [2.05, 4.69) is 31.6 Å². The number of halogens is 2. The van der Waals surface area contributed by atoms with Gasteiger partial charge in [-0.25, -0.2) is 9.07 Å². The van der Waals surface area contributed by atoms with E-state index in [0.29, 0.717) is 29.7 Å². The number of nitrogens with zero attached hydrogens (tertiary/aromatic N) is 3. The smallest absolute Gasteiger partial charge is 0.156 e. The number of aromatic nitrogens is 3. The molecule has 1 aromatic heterocycles. The Kier molecular flexibility index (Phi) is 3.06. The first-order valence-corrected chi connectivity index (χ1v) is 5.88. The van der Waals surface area contributed by atoms with Crippen molar-refractivity contribution >= 4 is 15.9 Å². The van der Waals surface area contributed by atoms with Gasteiger partial charge in [0.2, 0.25) is 0 Å². The zero-order valence-corrected chi connectivity index (χ0v) is 10.2. The Morgan fingerprint density at radius 1 is 1.47 bits per heavy atom. The van der Waals surface area contributed by atoms with E-state index in [1.165, 1.54) is 4.68 Å². The highest BCUT2D eigenvalue weighted by Gasteiger charge is 2.37. The molecule has 2 heterocycles. The van der Waals surface area contributed by atoms with Gasteiger partial charge in [-0.1, -0.05) is 5.21 Å². The largest absolute Gasteiger partial charge is 0.317 e. The molecule has 1 N–H and O–H groups in total. The second kappa shape index (κ2) is 4.17. The normalized spacial score (nSPS) is 27.7. The Morgan fingerprint density at radius 3 is 2.93 bits per heavy atom. The van der Waals surface area contributed by atoms with Crippen LogP contribution in [0.4, 0.5) is 4.39 Å². The summed E-state index contributed by atoms with van der Waals surface area (Å²) < 4.78 is 16.8. The standard InChI is InChI=1S/C9H14BrFN4/c1-15-7(8(10)13-14-15)9(11)3-2-5-12-6-4-9/h12H,2-6H2,1H3. The fourth-order valence-electron chi connectivity index (χ4n) is 2.07. The predicted octanol–water partition coefficient (Wildman–Crippen LogP) is 1.52. The minimum Gasteiger partial charge on any atom is -0.317 e. The molecule has 1 fully saturated rings. The van der Waals surface area contributed by atoms with Crippen LogP contribution in [0.1, 0.15) is 25.0 Å². The third-order valence-corrected chi connectivity index (χ3v) is 3.37. The van der Waals surface area contributed by atoms with Crippen molar-refractivity contribution in [3.8, 4) is 0 Å². The van der Waals surface area contributed by atoms with Crippen LogP contribution in [0.2, 0.25) is 0 Å².